The molecule has 4 rings (SSSR count). The van der Waals surface area contributed by atoms with Gasteiger partial charge in [0.25, 0.3) is 0 Å². The van der Waals surface area contributed by atoms with Gasteiger partial charge in [0.2, 0.25) is 17.7 Å². The highest BCUT2D eigenvalue weighted by molar-refractivity contribution is 6.03. The summed E-state index contributed by atoms with van der Waals surface area (Å²) < 4.78 is 6.48. The Morgan fingerprint density at radius 3 is 2.49 bits per heavy atom. The molecule has 8 nitrogen and oxygen atoms in total. The smallest absolute Gasteiger partial charge is 0.248 e. The number of likely N-dealkylation sites (tertiary alicyclic amines) is 1. The minimum absolute atomic E-state index is 0.0114. The van der Waals surface area contributed by atoms with Crippen LogP contribution >= 0.6 is 0 Å². The first kappa shape index (κ1) is 25.1. The van der Waals surface area contributed by atoms with E-state index in [4.69, 9.17) is 4.74 Å². The van der Waals surface area contributed by atoms with Gasteiger partial charge < -0.3 is 24.5 Å². The van der Waals surface area contributed by atoms with E-state index in [1.54, 1.807) is 22.0 Å². The summed E-state index contributed by atoms with van der Waals surface area (Å²) >= 11 is 0. The lowest BCUT2D eigenvalue weighted by Gasteiger charge is -2.38. The van der Waals surface area contributed by atoms with E-state index in [1.807, 2.05) is 44.2 Å². The number of hydrogen-bond acceptors (Lipinski definition) is 5. The molecule has 1 spiro atoms. The Bertz CT molecular complexity index is 996. The number of para-hydroxylation sites is 1. The minimum Gasteiger partial charge on any atom is -0.395 e. The van der Waals surface area contributed by atoms with Crippen LogP contribution in [0.4, 0.5) is 5.69 Å². The molecule has 3 aliphatic heterocycles. The van der Waals surface area contributed by atoms with E-state index in [0.717, 1.165) is 5.69 Å². The molecule has 8 heteroatoms. The summed E-state index contributed by atoms with van der Waals surface area (Å²) in [5.74, 6) is -2.22. The fourth-order valence-corrected chi connectivity index (χ4v) is 6.15. The van der Waals surface area contributed by atoms with E-state index in [-0.39, 0.29) is 36.9 Å². The Morgan fingerprint density at radius 2 is 1.89 bits per heavy atom. The molecule has 188 valence electrons. The quantitative estimate of drug-likeness (QED) is 0.517. The van der Waals surface area contributed by atoms with Crippen LogP contribution in [0.15, 0.2) is 55.6 Å². The SMILES string of the molecule is C=CCN(C(=O)[C@@H]1[C@@H]2CCC3(O2)C(C(=O)N(CC=C)C(C)C)N(CCO)C(=O)[C@H]13)c1ccccc1. The van der Waals surface area contributed by atoms with Gasteiger partial charge in [-0.05, 0) is 38.8 Å². The van der Waals surface area contributed by atoms with E-state index in [0.29, 0.717) is 25.9 Å². The number of amides is 3. The molecule has 1 aromatic carbocycles. The van der Waals surface area contributed by atoms with Crippen molar-refractivity contribution in [3.05, 3.63) is 55.6 Å². The van der Waals surface area contributed by atoms with Crippen LogP contribution in [0.3, 0.4) is 0 Å². The van der Waals surface area contributed by atoms with Gasteiger partial charge in [-0.25, -0.2) is 0 Å². The van der Waals surface area contributed by atoms with Crippen LogP contribution in [0.25, 0.3) is 0 Å². The van der Waals surface area contributed by atoms with Gasteiger partial charge in [0.15, 0.2) is 0 Å². The Morgan fingerprint density at radius 1 is 1.20 bits per heavy atom. The molecule has 0 saturated carbocycles. The van der Waals surface area contributed by atoms with Crippen LogP contribution in [-0.4, -0.2) is 82.7 Å². The minimum atomic E-state index is -1.08. The van der Waals surface area contributed by atoms with E-state index >= 15 is 0 Å². The van der Waals surface area contributed by atoms with Gasteiger partial charge in [0.1, 0.15) is 11.6 Å². The standard InChI is InChI=1S/C27H35N3O5/c1-5-14-28(18(3)4)26(34)23-27-13-12-20(35-27)21(22(27)25(33)30(23)16-17-31)24(32)29(15-6-2)19-10-8-7-9-11-19/h5-11,18,20-23,31H,1-2,12-17H2,3-4H3/t20-,21+,22-,23?,27?/m0/s1. The van der Waals surface area contributed by atoms with Crippen molar-refractivity contribution in [1.29, 1.82) is 0 Å². The van der Waals surface area contributed by atoms with Gasteiger partial charge in [-0.15, -0.1) is 13.2 Å². The third-order valence-electron chi connectivity index (χ3n) is 7.54. The fraction of sp³-hybridized carbons (Fsp3) is 0.519. The molecule has 2 bridgehead atoms. The maximum atomic E-state index is 14.0. The highest BCUT2D eigenvalue weighted by Crippen LogP contribution is 2.59. The summed E-state index contributed by atoms with van der Waals surface area (Å²) in [7, 11) is 0. The molecule has 5 atom stereocenters. The number of aliphatic hydroxyl groups is 1. The van der Waals surface area contributed by atoms with Crippen molar-refractivity contribution in [3.63, 3.8) is 0 Å². The fourth-order valence-electron chi connectivity index (χ4n) is 6.15. The van der Waals surface area contributed by atoms with E-state index in [1.165, 1.54) is 4.90 Å². The predicted octanol–water partition coefficient (Wildman–Crippen LogP) is 2.00. The van der Waals surface area contributed by atoms with Crippen LogP contribution in [0.5, 0.6) is 0 Å². The Hall–Kier alpha value is -2.97. The average Bonchev–Trinajstić information content (AvgIpc) is 3.48. The molecule has 35 heavy (non-hydrogen) atoms. The number of anilines is 1. The highest BCUT2D eigenvalue weighted by atomic mass is 16.5. The molecule has 3 heterocycles. The summed E-state index contributed by atoms with van der Waals surface area (Å²) in [6.45, 7) is 11.8. The Kier molecular flexibility index (Phi) is 7.15. The zero-order chi connectivity index (χ0) is 25.3. The zero-order valence-electron chi connectivity index (χ0n) is 20.5. The Balaban J connectivity index is 1.74. The summed E-state index contributed by atoms with van der Waals surface area (Å²) in [6.07, 6.45) is 3.99. The number of carbonyl (C=O) groups is 3. The van der Waals surface area contributed by atoms with Gasteiger partial charge in [0.05, 0.1) is 24.5 Å². The number of ether oxygens (including phenoxy) is 1. The summed E-state index contributed by atoms with van der Waals surface area (Å²) in [5, 5.41) is 9.75. The molecule has 3 saturated heterocycles. The third kappa shape index (κ3) is 3.98. The zero-order valence-corrected chi connectivity index (χ0v) is 20.5. The first-order chi connectivity index (χ1) is 16.8. The highest BCUT2D eigenvalue weighted by Gasteiger charge is 2.74. The number of rotatable bonds is 10. The van der Waals surface area contributed by atoms with Crippen LogP contribution in [0, 0.1) is 11.8 Å². The number of benzene rings is 1. The van der Waals surface area contributed by atoms with Crippen molar-refractivity contribution in [2.75, 3.05) is 31.1 Å². The number of aliphatic hydroxyl groups excluding tert-OH is 1. The second-order valence-corrected chi connectivity index (χ2v) is 9.76. The van der Waals surface area contributed by atoms with Crippen molar-refractivity contribution in [1.82, 2.24) is 9.80 Å². The van der Waals surface area contributed by atoms with Crippen molar-refractivity contribution < 1.29 is 24.2 Å². The van der Waals surface area contributed by atoms with E-state index in [9.17, 15) is 19.5 Å². The van der Waals surface area contributed by atoms with E-state index in [2.05, 4.69) is 13.2 Å². The molecule has 1 N–H and O–H groups in total. The molecule has 3 amide bonds. The van der Waals surface area contributed by atoms with Crippen molar-refractivity contribution in [3.8, 4) is 0 Å². The molecular weight excluding hydrogens is 446 g/mol. The monoisotopic (exact) mass is 481 g/mol. The second kappa shape index (κ2) is 9.95. The van der Waals surface area contributed by atoms with E-state index < -0.39 is 29.6 Å². The van der Waals surface area contributed by atoms with Gasteiger partial charge in [-0.1, -0.05) is 30.4 Å². The molecular formula is C27H35N3O5. The summed E-state index contributed by atoms with van der Waals surface area (Å²) in [6, 6.07) is 8.29. The number of carbonyl (C=O) groups excluding carboxylic acids is 3. The molecule has 3 aliphatic rings. The summed E-state index contributed by atoms with van der Waals surface area (Å²) in [4.78, 5) is 46.4. The summed E-state index contributed by atoms with van der Waals surface area (Å²) in [5.41, 5.74) is -0.365. The average molecular weight is 482 g/mol. The molecule has 1 aromatic rings. The van der Waals surface area contributed by atoms with Crippen LogP contribution < -0.4 is 4.90 Å². The molecule has 3 fully saturated rings. The molecule has 0 radical (unpaired) electrons. The van der Waals surface area contributed by atoms with Gasteiger partial charge in [-0.2, -0.15) is 0 Å². The van der Waals surface area contributed by atoms with Gasteiger partial charge in [-0.3, -0.25) is 14.4 Å². The van der Waals surface area contributed by atoms with Crippen LogP contribution in [0.2, 0.25) is 0 Å². The Labute approximate surface area is 206 Å². The second-order valence-electron chi connectivity index (χ2n) is 9.76. The lowest BCUT2D eigenvalue weighted by atomic mass is 9.70. The topological polar surface area (TPSA) is 90.4 Å². The van der Waals surface area contributed by atoms with Crippen LogP contribution in [0.1, 0.15) is 26.7 Å². The molecule has 0 aliphatic carbocycles. The number of fused-ring (bicyclic) bond motifs is 1. The normalized spacial score (nSPS) is 28.8. The van der Waals surface area contributed by atoms with Crippen LogP contribution in [-0.2, 0) is 19.1 Å². The number of β-amino-alcohol motifs (C(OH)–C–C–N with tert-alkyl or cyclic N) is 1. The van der Waals surface area contributed by atoms with Gasteiger partial charge in [0, 0.05) is 31.4 Å². The maximum Gasteiger partial charge on any atom is 0.248 e. The predicted molar refractivity (Wildman–Crippen MR) is 132 cm³/mol. The van der Waals surface area contributed by atoms with Crippen molar-refractivity contribution in [2.45, 2.75) is 50.5 Å². The van der Waals surface area contributed by atoms with Crippen molar-refractivity contribution in [2.24, 2.45) is 11.8 Å². The first-order valence-corrected chi connectivity index (χ1v) is 12.3. The number of hydrogen-bond donors (Lipinski definition) is 1. The molecule has 2 unspecified atom stereocenters. The first-order valence-electron chi connectivity index (χ1n) is 12.3. The lowest BCUT2D eigenvalue weighted by molar-refractivity contribution is -0.149. The molecule has 0 aromatic heterocycles. The maximum absolute atomic E-state index is 14.0. The largest absolute Gasteiger partial charge is 0.395 e. The van der Waals surface area contributed by atoms with Gasteiger partial charge >= 0.3 is 0 Å². The lowest BCUT2D eigenvalue weighted by Crippen LogP contribution is -2.57. The van der Waals surface area contributed by atoms with Crippen molar-refractivity contribution >= 4 is 23.4 Å². The number of nitrogens with zero attached hydrogens (tertiary/aromatic N) is 3. The third-order valence-corrected chi connectivity index (χ3v) is 7.54.